The Balaban J connectivity index is 2.37. The van der Waals surface area contributed by atoms with Gasteiger partial charge in [-0.15, -0.1) is 11.8 Å². The van der Waals surface area contributed by atoms with Crippen molar-refractivity contribution in [2.45, 2.75) is 24.3 Å². The Kier molecular flexibility index (Phi) is 3.17. The van der Waals surface area contributed by atoms with Crippen LogP contribution in [0.3, 0.4) is 0 Å². The summed E-state index contributed by atoms with van der Waals surface area (Å²) in [7, 11) is 0. The Labute approximate surface area is 99.4 Å². The van der Waals surface area contributed by atoms with Gasteiger partial charge in [-0.25, -0.2) is 0 Å². The molecule has 15 heavy (non-hydrogen) atoms. The van der Waals surface area contributed by atoms with Crippen molar-refractivity contribution in [2.24, 2.45) is 0 Å². The highest BCUT2D eigenvalue weighted by Gasteiger charge is 2.16. The minimum absolute atomic E-state index is 0.142. The first-order chi connectivity index (χ1) is 7.19. The summed E-state index contributed by atoms with van der Waals surface area (Å²) in [6, 6.07) is 6.35. The quantitative estimate of drug-likeness (QED) is 0.600. The standard InChI is InChI=1S/C11H13NOS2/c1-7-5-8-6-9(15-2)3-4-10(8)12-11(14)13-7/h3-4,6-7H,5H2,1-2H3,(H,12,14). The predicted octanol–water partition coefficient (Wildman–Crippen LogP) is 3.07. The molecule has 1 unspecified atom stereocenters. The van der Waals surface area contributed by atoms with E-state index in [1.54, 1.807) is 11.8 Å². The van der Waals surface area contributed by atoms with Crippen LogP contribution in [0.1, 0.15) is 12.5 Å². The maximum absolute atomic E-state index is 5.48. The van der Waals surface area contributed by atoms with Gasteiger partial charge in [-0.05, 0) is 49.2 Å². The highest BCUT2D eigenvalue weighted by Crippen LogP contribution is 2.26. The van der Waals surface area contributed by atoms with Crippen molar-refractivity contribution >= 4 is 34.8 Å². The van der Waals surface area contributed by atoms with E-state index in [0.717, 1.165) is 12.1 Å². The molecule has 0 radical (unpaired) electrons. The molecule has 2 rings (SSSR count). The number of nitrogens with one attached hydrogen (secondary N) is 1. The zero-order chi connectivity index (χ0) is 10.8. The lowest BCUT2D eigenvalue weighted by atomic mass is 10.1. The van der Waals surface area contributed by atoms with Crippen LogP contribution in [0.2, 0.25) is 0 Å². The molecule has 1 aliphatic rings. The van der Waals surface area contributed by atoms with Gasteiger partial charge in [-0.2, -0.15) is 0 Å². The first kappa shape index (κ1) is 10.8. The van der Waals surface area contributed by atoms with Gasteiger partial charge in [0.25, 0.3) is 5.17 Å². The summed E-state index contributed by atoms with van der Waals surface area (Å²) in [6.45, 7) is 2.04. The normalized spacial score (nSPS) is 19.9. The zero-order valence-electron chi connectivity index (χ0n) is 8.74. The van der Waals surface area contributed by atoms with Crippen LogP contribution in [-0.2, 0) is 11.2 Å². The highest BCUT2D eigenvalue weighted by molar-refractivity contribution is 7.98. The molecular formula is C11H13NOS2. The molecule has 0 fully saturated rings. The minimum Gasteiger partial charge on any atom is -0.467 e. The molecule has 2 nitrogen and oxygen atoms in total. The van der Waals surface area contributed by atoms with Crippen molar-refractivity contribution in [3.63, 3.8) is 0 Å². The lowest BCUT2D eigenvalue weighted by Gasteiger charge is -2.09. The molecule has 1 aromatic carbocycles. The fraction of sp³-hybridized carbons (Fsp3) is 0.364. The van der Waals surface area contributed by atoms with Crippen molar-refractivity contribution in [1.29, 1.82) is 0 Å². The SMILES string of the molecule is CSc1ccc2c(c1)CC(C)OC(=S)N2. The molecule has 0 spiro atoms. The van der Waals surface area contributed by atoms with Gasteiger partial charge < -0.3 is 10.1 Å². The van der Waals surface area contributed by atoms with E-state index in [1.807, 2.05) is 6.92 Å². The topological polar surface area (TPSA) is 21.3 Å². The molecule has 80 valence electrons. The summed E-state index contributed by atoms with van der Waals surface area (Å²) in [5.41, 5.74) is 2.34. The average molecular weight is 239 g/mol. The second kappa shape index (κ2) is 4.41. The molecule has 0 saturated heterocycles. The van der Waals surface area contributed by atoms with E-state index in [-0.39, 0.29) is 6.10 Å². The Hall–Kier alpha value is -0.740. The van der Waals surface area contributed by atoms with Crippen molar-refractivity contribution in [1.82, 2.24) is 0 Å². The van der Waals surface area contributed by atoms with Gasteiger partial charge in [0.05, 0.1) is 0 Å². The lowest BCUT2D eigenvalue weighted by Crippen LogP contribution is -2.16. The Bertz CT molecular complexity index is 392. The van der Waals surface area contributed by atoms with Crippen LogP contribution in [-0.4, -0.2) is 17.5 Å². The second-order valence-electron chi connectivity index (χ2n) is 3.57. The van der Waals surface area contributed by atoms with Gasteiger partial charge >= 0.3 is 0 Å². The summed E-state index contributed by atoms with van der Waals surface area (Å²) in [5, 5.41) is 3.57. The third-order valence-corrected chi connectivity index (χ3v) is 3.29. The van der Waals surface area contributed by atoms with E-state index < -0.39 is 0 Å². The lowest BCUT2D eigenvalue weighted by molar-refractivity contribution is 0.217. The molecule has 0 saturated carbocycles. The van der Waals surface area contributed by atoms with Crippen LogP contribution in [0.25, 0.3) is 0 Å². The number of benzene rings is 1. The Morgan fingerprint density at radius 2 is 2.33 bits per heavy atom. The largest absolute Gasteiger partial charge is 0.467 e. The summed E-state index contributed by atoms with van der Waals surface area (Å²) >= 11 is 6.82. The molecule has 0 aliphatic carbocycles. The summed E-state index contributed by atoms with van der Waals surface area (Å²) in [5.74, 6) is 0. The average Bonchev–Trinajstić information content (AvgIpc) is 2.33. The molecule has 1 aromatic rings. The third kappa shape index (κ3) is 2.44. The van der Waals surface area contributed by atoms with Crippen molar-refractivity contribution in [2.75, 3.05) is 11.6 Å². The molecule has 1 N–H and O–H groups in total. The Morgan fingerprint density at radius 1 is 1.53 bits per heavy atom. The van der Waals surface area contributed by atoms with Gasteiger partial charge in [-0.1, -0.05) is 0 Å². The van der Waals surface area contributed by atoms with Gasteiger partial charge in [0.15, 0.2) is 0 Å². The Morgan fingerprint density at radius 3 is 3.07 bits per heavy atom. The monoisotopic (exact) mass is 239 g/mol. The highest BCUT2D eigenvalue weighted by atomic mass is 32.2. The van der Waals surface area contributed by atoms with Crippen LogP contribution in [0.15, 0.2) is 23.1 Å². The van der Waals surface area contributed by atoms with Crippen LogP contribution in [0, 0.1) is 0 Å². The van der Waals surface area contributed by atoms with E-state index in [0.29, 0.717) is 5.17 Å². The number of hydrogen-bond acceptors (Lipinski definition) is 3. The molecular weight excluding hydrogens is 226 g/mol. The van der Waals surface area contributed by atoms with Crippen LogP contribution >= 0.6 is 24.0 Å². The van der Waals surface area contributed by atoms with E-state index in [4.69, 9.17) is 17.0 Å². The van der Waals surface area contributed by atoms with Gasteiger partial charge in [-0.3, -0.25) is 0 Å². The molecule has 0 aromatic heterocycles. The maximum Gasteiger partial charge on any atom is 0.261 e. The maximum atomic E-state index is 5.48. The van der Waals surface area contributed by atoms with Crippen LogP contribution in [0.5, 0.6) is 0 Å². The molecule has 1 atom stereocenters. The number of anilines is 1. The minimum atomic E-state index is 0.142. The summed E-state index contributed by atoms with van der Waals surface area (Å²) in [4.78, 5) is 1.27. The summed E-state index contributed by atoms with van der Waals surface area (Å²) in [6.07, 6.45) is 3.12. The number of thioether (sulfide) groups is 1. The zero-order valence-corrected chi connectivity index (χ0v) is 10.4. The van der Waals surface area contributed by atoms with E-state index >= 15 is 0 Å². The molecule has 0 bridgehead atoms. The molecule has 4 heteroatoms. The van der Waals surface area contributed by atoms with E-state index in [2.05, 4.69) is 29.8 Å². The number of hydrogen-bond donors (Lipinski definition) is 1. The van der Waals surface area contributed by atoms with Gasteiger partial charge in [0, 0.05) is 17.0 Å². The van der Waals surface area contributed by atoms with Gasteiger partial charge in [0.2, 0.25) is 0 Å². The molecule has 1 heterocycles. The first-order valence-corrected chi connectivity index (χ1v) is 6.47. The second-order valence-corrected chi connectivity index (χ2v) is 4.82. The van der Waals surface area contributed by atoms with Crippen molar-refractivity contribution in [3.05, 3.63) is 23.8 Å². The first-order valence-electron chi connectivity index (χ1n) is 4.83. The van der Waals surface area contributed by atoms with Crippen LogP contribution in [0.4, 0.5) is 5.69 Å². The number of fused-ring (bicyclic) bond motifs is 1. The van der Waals surface area contributed by atoms with E-state index in [9.17, 15) is 0 Å². The fourth-order valence-corrected chi connectivity index (χ4v) is 2.40. The van der Waals surface area contributed by atoms with Gasteiger partial charge in [0.1, 0.15) is 6.10 Å². The smallest absolute Gasteiger partial charge is 0.261 e. The number of ether oxygens (including phenoxy) is 1. The predicted molar refractivity (Wildman–Crippen MR) is 68.7 cm³/mol. The summed E-state index contributed by atoms with van der Waals surface area (Å²) < 4.78 is 5.48. The molecule has 1 aliphatic heterocycles. The van der Waals surface area contributed by atoms with E-state index in [1.165, 1.54) is 10.5 Å². The van der Waals surface area contributed by atoms with Crippen molar-refractivity contribution in [3.8, 4) is 0 Å². The molecule has 0 amide bonds. The fourth-order valence-electron chi connectivity index (χ4n) is 1.66. The number of rotatable bonds is 1. The van der Waals surface area contributed by atoms with Crippen LogP contribution < -0.4 is 5.32 Å². The number of thiocarbonyl (C=S) groups is 1. The van der Waals surface area contributed by atoms with Crippen molar-refractivity contribution < 1.29 is 4.74 Å². The third-order valence-electron chi connectivity index (χ3n) is 2.36.